The predicted molar refractivity (Wildman–Crippen MR) is 161 cm³/mol. The van der Waals surface area contributed by atoms with Gasteiger partial charge in [-0.25, -0.2) is 14.6 Å². The minimum Gasteiger partial charge on any atom is -0.465 e. The molecule has 2 aromatic rings. The molecule has 2 heterocycles. The highest BCUT2D eigenvalue weighted by Crippen LogP contribution is 2.44. The number of likely N-dealkylation sites (tertiary alicyclic amines) is 1. The van der Waals surface area contributed by atoms with Gasteiger partial charge in [-0.05, 0) is 94.4 Å². The molecule has 0 saturated carbocycles. The molecular weight excluding hydrogens is 544 g/mol. The molecule has 1 amide bonds. The highest BCUT2D eigenvalue weighted by Gasteiger charge is 2.48. The number of hydrogen-bond acceptors (Lipinski definition) is 6. The molecule has 0 N–H and O–H groups in total. The van der Waals surface area contributed by atoms with Crippen LogP contribution in [0.15, 0.2) is 36.5 Å². The molecule has 1 aromatic heterocycles. The van der Waals surface area contributed by atoms with Gasteiger partial charge in [0.25, 0.3) is 0 Å². The number of methoxy groups -OCH3 is 1. The summed E-state index contributed by atoms with van der Waals surface area (Å²) in [6.45, 7) is 18.7. The molecule has 220 valence electrons. The molecule has 1 aromatic carbocycles. The summed E-state index contributed by atoms with van der Waals surface area (Å²) in [5.41, 5.74) is 2.65. The Bertz CT molecular complexity index is 1200. The lowest BCUT2D eigenvalue weighted by Gasteiger charge is -2.43. The number of halogens is 1. The fourth-order valence-electron chi connectivity index (χ4n) is 4.77. The van der Waals surface area contributed by atoms with E-state index in [1.165, 1.54) is 7.11 Å². The number of aryl methyl sites for hydroxylation is 1. The zero-order valence-electron chi connectivity index (χ0n) is 25.6. The number of aromatic nitrogens is 1. The number of esters is 1. The second kappa shape index (κ2) is 12.2. The van der Waals surface area contributed by atoms with Gasteiger partial charge in [-0.2, -0.15) is 0 Å². The standard InChI is InChI=1S/C31H45ClN2O5Si/c1-20-17-23(19-33-27(20)32)26(39-40(9,10)31(5,6)7)25-16-15-24(34(25)29(36)38-30(2,3)4)18-21-11-13-22(14-12-21)28(35)37-8/h11-14,17,19,24-26H,15-16,18H2,1-10H3/t24-,25+,26?/m0/s1. The van der Waals surface area contributed by atoms with Gasteiger partial charge in [0, 0.05) is 17.8 Å². The number of hydrogen-bond donors (Lipinski definition) is 0. The first kappa shape index (κ1) is 32.1. The van der Waals surface area contributed by atoms with E-state index in [-0.39, 0.29) is 35.3 Å². The van der Waals surface area contributed by atoms with E-state index in [0.717, 1.165) is 29.5 Å². The van der Waals surface area contributed by atoms with Crippen molar-refractivity contribution in [2.75, 3.05) is 7.11 Å². The largest absolute Gasteiger partial charge is 0.465 e. The summed E-state index contributed by atoms with van der Waals surface area (Å²) in [7, 11) is -0.892. The molecule has 0 spiro atoms. The smallest absolute Gasteiger partial charge is 0.410 e. The van der Waals surface area contributed by atoms with Crippen molar-refractivity contribution in [3.63, 3.8) is 0 Å². The van der Waals surface area contributed by atoms with Gasteiger partial charge in [0.2, 0.25) is 0 Å². The van der Waals surface area contributed by atoms with Crippen LogP contribution < -0.4 is 0 Å². The first-order valence-corrected chi connectivity index (χ1v) is 17.2. The van der Waals surface area contributed by atoms with Crippen LogP contribution in [0, 0.1) is 6.92 Å². The fourth-order valence-corrected chi connectivity index (χ4v) is 6.16. The number of carbonyl (C=O) groups is 2. The molecule has 1 saturated heterocycles. The average Bonchev–Trinajstić information content (AvgIpc) is 3.26. The van der Waals surface area contributed by atoms with Gasteiger partial charge >= 0.3 is 12.1 Å². The van der Waals surface area contributed by atoms with E-state index < -0.39 is 13.9 Å². The lowest BCUT2D eigenvalue weighted by molar-refractivity contribution is -0.00244. The number of rotatable bonds is 7. The van der Waals surface area contributed by atoms with Crippen LogP contribution in [0.3, 0.4) is 0 Å². The lowest BCUT2D eigenvalue weighted by Crippen LogP contribution is -2.50. The highest BCUT2D eigenvalue weighted by atomic mass is 35.5. The summed E-state index contributed by atoms with van der Waals surface area (Å²) in [6, 6.07) is 9.04. The van der Waals surface area contributed by atoms with Gasteiger partial charge < -0.3 is 13.9 Å². The lowest BCUT2D eigenvalue weighted by atomic mass is 10.0. The van der Waals surface area contributed by atoms with Crippen LogP contribution in [0.4, 0.5) is 4.79 Å². The monoisotopic (exact) mass is 588 g/mol. The Labute approximate surface area is 245 Å². The maximum absolute atomic E-state index is 13.8. The maximum Gasteiger partial charge on any atom is 0.410 e. The van der Waals surface area contributed by atoms with E-state index in [4.69, 9.17) is 25.5 Å². The number of ether oxygens (including phenoxy) is 2. The van der Waals surface area contributed by atoms with Crippen molar-refractivity contribution < 1.29 is 23.5 Å². The molecule has 0 bridgehead atoms. The van der Waals surface area contributed by atoms with E-state index in [0.29, 0.717) is 17.1 Å². The molecule has 0 aliphatic carbocycles. The van der Waals surface area contributed by atoms with Crippen molar-refractivity contribution in [1.29, 1.82) is 0 Å². The summed E-state index contributed by atoms with van der Waals surface area (Å²) in [6.07, 6.45) is 3.21. The van der Waals surface area contributed by atoms with Gasteiger partial charge in [-0.3, -0.25) is 4.90 Å². The van der Waals surface area contributed by atoms with Gasteiger partial charge in [0.1, 0.15) is 10.8 Å². The van der Waals surface area contributed by atoms with Crippen LogP contribution in [0.25, 0.3) is 0 Å². The topological polar surface area (TPSA) is 78.0 Å². The van der Waals surface area contributed by atoms with E-state index in [1.54, 1.807) is 18.3 Å². The Morgan fingerprint density at radius 3 is 2.25 bits per heavy atom. The number of nitrogens with zero attached hydrogens (tertiary/aromatic N) is 2. The summed E-state index contributed by atoms with van der Waals surface area (Å²) in [5.74, 6) is -0.375. The predicted octanol–water partition coefficient (Wildman–Crippen LogP) is 7.90. The van der Waals surface area contributed by atoms with Crippen LogP contribution in [0.2, 0.25) is 23.3 Å². The van der Waals surface area contributed by atoms with Crippen LogP contribution in [-0.2, 0) is 20.3 Å². The summed E-state index contributed by atoms with van der Waals surface area (Å²) >= 11 is 6.30. The minimum atomic E-state index is -2.26. The molecule has 3 atom stereocenters. The average molecular weight is 589 g/mol. The van der Waals surface area contributed by atoms with Crippen LogP contribution in [-0.4, -0.2) is 55.1 Å². The Balaban J connectivity index is 2.03. The Kier molecular flexibility index (Phi) is 9.80. The zero-order chi connectivity index (χ0) is 30.0. The van der Waals surface area contributed by atoms with Gasteiger partial charge in [0.15, 0.2) is 8.32 Å². The molecule has 3 rings (SSSR count). The fraction of sp³-hybridized carbons (Fsp3) is 0.581. The third-order valence-corrected chi connectivity index (χ3v) is 12.8. The van der Waals surface area contributed by atoms with Gasteiger partial charge in [-0.1, -0.05) is 44.5 Å². The molecular formula is C31H45ClN2O5Si. The third-order valence-electron chi connectivity index (χ3n) is 7.94. The molecule has 7 nitrogen and oxygen atoms in total. The second-order valence-electron chi connectivity index (χ2n) is 13.3. The molecule has 40 heavy (non-hydrogen) atoms. The SMILES string of the molecule is COC(=O)c1ccc(C[C@@H]2CC[C@H](C(O[Si](C)(C)C(C)(C)C)c3cnc(Cl)c(C)c3)N2C(=O)OC(C)(C)C)cc1. The van der Waals surface area contributed by atoms with Crippen molar-refractivity contribution in [1.82, 2.24) is 9.88 Å². The van der Waals surface area contributed by atoms with E-state index in [1.807, 2.05) is 50.8 Å². The Morgan fingerprint density at radius 1 is 1.10 bits per heavy atom. The van der Waals surface area contributed by atoms with Crippen LogP contribution >= 0.6 is 11.6 Å². The first-order chi connectivity index (χ1) is 18.4. The van der Waals surface area contributed by atoms with Gasteiger partial charge in [0.05, 0.1) is 24.8 Å². The molecule has 9 heteroatoms. The van der Waals surface area contributed by atoms with E-state index in [9.17, 15) is 9.59 Å². The quantitative estimate of drug-likeness (QED) is 0.186. The first-order valence-electron chi connectivity index (χ1n) is 13.9. The number of pyridine rings is 1. The molecule has 1 aliphatic heterocycles. The van der Waals surface area contributed by atoms with Crippen molar-refractivity contribution >= 4 is 32.0 Å². The van der Waals surface area contributed by atoms with Crippen molar-refractivity contribution in [2.45, 2.75) is 110 Å². The number of amides is 1. The summed E-state index contributed by atoms with van der Waals surface area (Å²) in [4.78, 5) is 32.1. The second-order valence-corrected chi connectivity index (χ2v) is 18.4. The van der Waals surface area contributed by atoms with E-state index in [2.05, 4.69) is 38.8 Å². The van der Waals surface area contributed by atoms with Crippen LogP contribution in [0.5, 0.6) is 0 Å². The van der Waals surface area contributed by atoms with Crippen molar-refractivity contribution in [3.8, 4) is 0 Å². The zero-order valence-corrected chi connectivity index (χ0v) is 27.4. The minimum absolute atomic E-state index is 0.0315. The maximum atomic E-state index is 13.8. The van der Waals surface area contributed by atoms with Crippen molar-refractivity contribution in [3.05, 3.63) is 63.9 Å². The van der Waals surface area contributed by atoms with E-state index >= 15 is 0 Å². The normalized spacial score (nSPS) is 18.9. The van der Waals surface area contributed by atoms with Crippen molar-refractivity contribution in [2.24, 2.45) is 0 Å². The Hall–Kier alpha value is -2.42. The Morgan fingerprint density at radius 2 is 1.73 bits per heavy atom. The number of benzene rings is 1. The molecule has 1 aliphatic rings. The number of carbonyl (C=O) groups excluding carboxylic acids is 2. The van der Waals surface area contributed by atoms with Crippen LogP contribution in [0.1, 0.15) is 87.5 Å². The summed E-state index contributed by atoms with van der Waals surface area (Å²) in [5, 5.41) is 0.426. The molecule has 1 unspecified atom stereocenters. The summed E-state index contributed by atoms with van der Waals surface area (Å²) < 4.78 is 17.9. The molecule has 1 fully saturated rings. The van der Waals surface area contributed by atoms with Gasteiger partial charge in [-0.15, -0.1) is 0 Å². The molecule has 0 radical (unpaired) electrons. The highest BCUT2D eigenvalue weighted by molar-refractivity contribution is 6.74. The third kappa shape index (κ3) is 7.65.